The molecule has 1 aliphatic rings. The van der Waals surface area contributed by atoms with Crippen molar-refractivity contribution in [3.63, 3.8) is 0 Å². The van der Waals surface area contributed by atoms with Gasteiger partial charge in [-0.1, -0.05) is 12.1 Å². The highest BCUT2D eigenvalue weighted by atomic mass is 16.5. The number of benzene rings is 1. The van der Waals surface area contributed by atoms with E-state index in [4.69, 9.17) is 14.2 Å². The van der Waals surface area contributed by atoms with E-state index < -0.39 is 0 Å². The maximum atomic E-state index is 9.20. The lowest BCUT2D eigenvalue weighted by molar-refractivity contribution is -0.0132. The third kappa shape index (κ3) is 4.02. The zero-order chi connectivity index (χ0) is 16.7. The van der Waals surface area contributed by atoms with Crippen molar-refractivity contribution in [3.05, 3.63) is 53.0 Å². The molecule has 23 heavy (non-hydrogen) atoms. The molecule has 0 saturated carbocycles. The van der Waals surface area contributed by atoms with E-state index in [1.54, 1.807) is 0 Å². The van der Waals surface area contributed by atoms with Gasteiger partial charge in [0.2, 0.25) is 5.76 Å². The largest absolute Gasteiger partial charge is 0.497 e. The van der Waals surface area contributed by atoms with Crippen molar-refractivity contribution in [1.29, 1.82) is 0 Å². The summed E-state index contributed by atoms with van der Waals surface area (Å²) in [4.78, 5) is 3.34. The van der Waals surface area contributed by atoms with Crippen molar-refractivity contribution in [3.8, 4) is 5.75 Å². The molecule has 0 aliphatic heterocycles. The van der Waals surface area contributed by atoms with E-state index in [0.29, 0.717) is 37.7 Å². The molecular formula is C18H22N2O3. The van der Waals surface area contributed by atoms with Crippen LogP contribution in [0.4, 0.5) is 0 Å². The van der Waals surface area contributed by atoms with Gasteiger partial charge in [-0.05, 0) is 44.5 Å². The maximum absolute atomic E-state index is 9.20. The topological polar surface area (TPSA) is 64.1 Å². The highest BCUT2D eigenvalue weighted by molar-refractivity contribution is 6.02. The van der Waals surface area contributed by atoms with Crippen molar-refractivity contribution >= 4 is 11.3 Å². The second-order valence-electron chi connectivity index (χ2n) is 4.89. The molecule has 0 atom stereocenters. The Morgan fingerprint density at radius 3 is 2.17 bits per heavy atom. The summed E-state index contributed by atoms with van der Waals surface area (Å²) in [5, 5.41) is 0. The van der Waals surface area contributed by atoms with Crippen LogP contribution in [0.15, 0.2) is 41.9 Å². The maximum Gasteiger partial charge on any atom is 0.340 e. The zero-order valence-corrected chi connectivity index (χ0v) is 13.8. The first kappa shape index (κ1) is 16.8. The molecule has 0 bridgehead atoms. The van der Waals surface area contributed by atoms with Crippen molar-refractivity contribution in [1.82, 2.24) is 0 Å². The first-order valence-corrected chi connectivity index (χ1v) is 7.88. The average molecular weight is 314 g/mol. The summed E-state index contributed by atoms with van der Waals surface area (Å²) in [5.74, 6) is 2.17. The first-order chi connectivity index (χ1) is 11.2. The number of nitrogens with zero attached hydrogens (tertiary/aromatic N) is 2. The van der Waals surface area contributed by atoms with Gasteiger partial charge in [-0.2, -0.15) is 4.79 Å². The van der Waals surface area contributed by atoms with Gasteiger partial charge < -0.3 is 19.7 Å². The van der Waals surface area contributed by atoms with Gasteiger partial charge in [0.25, 0.3) is 0 Å². The standard InChI is InChI=1S/C18H22N2O3/c1-4-21-14-9-7-13(8-10-14)15-11-18(23-6-3)16(20-19)12-17(15)22-5-2/h7-11H,4-6,12H2,1-3H3. The monoisotopic (exact) mass is 314 g/mol. The Bertz CT molecular complexity index is 653. The highest BCUT2D eigenvalue weighted by Gasteiger charge is 2.28. The fraction of sp³-hybridized carbons (Fsp3) is 0.389. The number of rotatable bonds is 7. The van der Waals surface area contributed by atoms with E-state index in [2.05, 4.69) is 4.79 Å². The second kappa shape index (κ2) is 8.20. The molecule has 0 heterocycles. The third-order valence-electron chi connectivity index (χ3n) is 3.40. The SMILES string of the molecule is CCOC1=CC(c2ccc(OCC)cc2)=C(OCC)CC1=[N+]=[N-]. The van der Waals surface area contributed by atoms with E-state index >= 15 is 0 Å². The minimum atomic E-state index is 0.402. The van der Waals surface area contributed by atoms with Gasteiger partial charge in [0, 0.05) is 5.57 Å². The minimum Gasteiger partial charge on any atom is -0.497 e. The fourth-order valence-electron chi connectivity index (χ4n) is 2.44. The van der Waals surface area contributed by atoms with Gasteiger partial charge in [-0.15, -0.1) is 0 Å². The molecule has 0 saturated heterocycles. The summed E-state index contributed by atoms with van der Waals surface area (Å²) < 4.78 is 16.8. The Kier molecular flexibility index (Phi) is 6.01. The van der Waals surface area contributed by atoms with Gasteiger partial charge in [0.1, 0.15) is 17.9 Å². The Balaban J connectivity index is 2.43. The van der Waals surface area contributed by atoms with Crippen LogP contribution in [0.5, 0.6) is 5.75 Å². The molecule has 1 aliphatic carbocycles. The van der Waals surface area contributed by atoms with E-state index in [0.717, 1.165) is 22.6 Å². The molecule has 122 valence electrons. The molecule has 0 aromatic heterocycles. The molecule has 5 nitrogen and oxygen atoms in total. The Hall–Kier alpha value is -2.52. The van der Waals surface area contributed by atoms with Gasteiger partial charge in [0.15, 0.2) is 0 Å². The molecule has 0 radical (unpaired) electrons. The highest BCUT2D eigenvalue weighted by Crippen LogP contribution is 2.31. The lowest BCUT2D eigenvalue weighted by atomic mass is 9.95. The smallest absolute Gasteiger partial charge is 0.340 e. The molecule has 0 N–H and O–H groups in total. The summed E-state index contributed by atoms with van der Waals surface area (Å²) in [6.45, 7) is 7.47. The lowest BCUT2D eigenvalue weighted by Gasteiger charge is -2.18. The second-order valence-corrected chi connectivity index (χ2v) is 4.89. The van der Waals surface area contributed by atoms with Crippen LogP contribution in [0.3, 0.4) is 0 Å². The normalized spacial score (nSPS) is 14.2. The lowest BCUT2D eigenvalue weighted by Crippen LogP contribution is -2.16. The molecular weight excluding hydrogens is 292 g/mol. The number of allylic oxidation sites excluding steroid dienone is 4. The van der Waals surface area contributed by atoms with E-state index in [1.165, 1.54) is 0 Å². The van der Waals surface area contributed by atoms with Gasteiger partial charge in [-0.3, -0.25) is 0 Å². The van der Waals surface area contributed by atoms with Gasteiger partial charge in [-0.25, -0.2) is 0 Å². The minimum absolute atomic E-state index is 0.402. The third-order valence-corrected chi connectivity index (χ3v) is 3.40. The first-order valence-electron chi connectivity index (χ1n) is 7.88. The summed E-state index contributed by atoms with van der Waals surface area (Å²) >= 11 is 0. The van der Waals surface area contributed by atoms with Crippen LogP contribution >= 0.6 is 0 Å². The molecule has 1 aromatic carbocycles. The number of hydrogen-bond acceptors (Lipinski definition) is 3. The van der Waals surface area contributed by atoms with Gasteiger partial charge in [0.05, 0.1) is 19.8 Å². The zero-order valence-electron chi connectivity index (χ0n) is 13.8. The molecule has 1 aromatic rings. The quantitative estimate of drug-likeness (QED) is 0.567. The molecule has 0 fully saturated rings. The van der Waals surface area contributed by atoms with Crippen LogP contribution in [-0.2, 0) is 9.47 Å². The van der Waals surface area contributed by atoms with Crippen molar-refractivity contribution < 1.29 is 19.0 Å². The van der Waals surface area contributed by atoms with E-state index in [-0.39, 0.29) is 0 Å². The van der Waals surface area contributed by atoms with Crippen molar-refractivity contribution in [2.45, 2.75) is 27.2 Å². The molecule has 0 amide bonds. The van der Waals surface area contributed by atoms with Crippen LogP contribution in [0.2, 0.25) is 0 Å². The summed E-state index contributed by atoms with van der Waals surface area (Å²) in [6.07, 6.45) is 2.27. The summed E-state index contributed by atoms with van der Waals surface area (Å²) in [7, 11) is 0. The number of hydrogen-bond donors (Lipinski definition) is 0. The predicted molar refractivity (Wildman–Crippen MR) is 89.1 cm³/mol. The van der Waals surface area contributed by atoms with Crippen LogP contribution < -0.4 is 4.74 Å². The van der Waals surface area contributed by atoms with Crippen LogP contribution in [0.25, 0.3) is 11.1 Å². The van der Waals surface area contributed by atoms with Crippen LogP contribution in [-0.4, -0.2) is 30.3 Å². The number of ether oxygens (including phenoxy) is 3. The summed E-state index contributed by atoms with van der Waals surface area (Å²) in [5.41, 5.74) is 11.6. The van der Waals surface area contributed by atoms with E-state index in [1.807, 2.05) is 51.1 Å². The fourth-order valence-corrected chi connectivity index (χ4v) is 2.44. The molecule has 0 unspecified atom stereocenters. The molecule has 2 rings (SSSR count). The van der Waals surface area contributed by atoms with Crippen molar-refractivity contribution in [2.24, 2.45) is 0 Å². The molecule has 0 spiro atoms. The van der Waals surface area contributed by atoms with Crippen molar-refractivity contribution in [2.75, 3.05) is 19.8 Å². The summed E-state index contributed by atoms with van der Waals surface area (Å²) in [6, 6.07) is 7.83. The van der Waals surface area contributed by atoms with E-state index in [9.17, 15) is 5.53 Å². The Labute approximate surface area is 136 Å². The Morgan fingerprint density at radius 2 is 1.61 bits per heavy atom. The average Bonchev–Trinajstić information content (AvgIpc) is 2.57. The van der Waals surface area contributed by atoms with Gasteiger partial charge >= 0.3 is 5.71 Å². The predicted octanol–water partition coefficient (Wildman–Crippen LogP) is 3.83. The van der Waals surface area contributed by atoms with Crippen LogP contribution in [0, 0.1) is 0 Å². The Morgan fingerprint density at radius 1 is 0.957 bits per heavy atom. The van der Waals surface area contributed by atoms with Crippen LogP contribution in [0.1, 0.15) is 32.8 Å². The molecule has 5 heteroatoms.